The molecule has 0 bridgehead atoms. The van der Waals surface area contributed by atoms with Gasteiger partial charge in [0, 0.05) is 11.8 Å². The molecule has 0 fully saturated rings. The standard InChI is InChI=1S/C25H26N2O7/c1-3-31-21-12-10-19(14-22(21)32-4-2)26-25(30)27-23(28)15-34-24(29)16-33-20-11-9-17-7-5-6-8-18(17)13-20/h5-14H,3-4,15-16H2,1-2H3,(H2,26,27,28,30). The average Bonchev–Trinajstić information content (AvgIpc) is 2.83. The molecule has 0 radical (unpaired) electrons. The minimum absolute atomic E-state index is 0.371. The summed E-state index contributed by atoms with van der Waals surface area (Å²) in [5.41, 5.74) is 0.401. The van der Waals surface area contributed by atoms with Gasteiger partial charge in [0.2, 0.25) is 0 Å². The predicted molar refractivity (Wildman–Crippen MR) is 126 cm³/mol. The zero-order chi connectivity index (χ0) is 24.3. The fourth-order valence-electron chi connectivity index (χ4n) is 3.04. The number of amides is 3. The van der Waals surface area contributed by atoms with Crippen LogP contribution in [0.1, 0.15) is 13.8 Å². The number of benzene rings is 3. The molecule has 0 aliphatic carbocycles. The van der Waals surface area contributed by atoms with Crippen molar-refractivity contribution in [2.24, 2.45) is 0 Å². The largest absolute Gasteiger partial charge is 0.490 e. The first-order valence-electron chi connectivity index (χ1n) is 10.8. The first kappa shape index (κ1) is 24.4. The maximum Gasteiger partial charge on any atom is 0.344 e. The summed E-state index contributed by atoms with van der Waals surface area (Å²) < 4.78 is 21.3. The second-order valence-corrected chi connectivity index (χ2v) is 6.99. The Hall–Kier alpha value is -4.27. The van der Waals surface area contributed by atoms with Crippen LogP contribution in [0.15, 0.2) is 60.7 Å². The van der Waals surface area contributed by atoms with Crippen molar-refractivity contribution >= 4 is 34.4 Å². The molecule has 3 amide bonds. The van der Waals surface area contributed by atoms with Gasteiger partial charge in [0.05, 0.1) is 13.2 Å². The quantitative estimate of drug-likeness (QED) is 0.436. The van der Waals surface area contributed by atoms with Crippen molar-refractivity contribution in [3.63, 3.8) is 0 Å². The van der Waals surface area contributed by atoms with Gasteiger partial charge in [0.25, 0.3) is 5.91 Å². The SMILES string of the molecule is CCOc1ccc(NC(=O)NC(=O)COC(=O)COc2ccc3ccccc3c2)cc1OCC. The number of esters is 1. The lowest BCUT2D eigenvalue weighted by molar-refractivity contribution is -0.150. The maximum atomic E-state index is 12.1. The molecule has 9 heteroatoms. The number of hydrogen-bond donors (Lipinski definition) is 2. The van der Waals surface area contributed by atoms with Crippen molar-refractivity contribution in [3.05, 3.63) is 60.7 Å². The summed E-state index contributed by atoms with van der Waals surface area (Å²) in [5.74, 6) is -0.0107. The van der Waals surface area contributed by atoms with Crippen molar-refractivity contribution in [2.75, 3.05) is 31.7 Å². The highest BCUT2D eigenvalue weighted by atomic mass is 16.6. The zero-order valence-electron chi connectivity index (χ0n) is 19.0. The average molecular weight is 466 g/mol. The van der Waals surface area contributed by atoms with E-state index in [-0.39, 0.29) is 6.61 Å². The van der Waals surface area contributed by atoms with Crippen LogP contribution in [0.4, 0.5) is 10.5 Å². The summed E-state index contributed by atoms with van der Waals surface area (Å²) in [4.78, 5) is 35.9. The van der Waals surface area contributed by atoms with Crippen molar-refractivity contribution in [2.45, 2.75) is 13.8 Å². The Morgan fingerprint density at radius 3 is 2.26 bits per heavy atom. The molecule has 0 aliphatic rings. The van der Waals surface area contributed by atoms with Crippen LogP contribution in [-0.4, -0.2) is 44.3 Å². The number of fused-ring (bicyclic) bond motifs is 1. The monoisotopic (exact) mass is 466 g/mol. The van der Waals surface area contributed by atoms with Gasteiger partial charge >= 0.3 is 12.0 Å². The van der Waals surface area contributed by atoms with Crippen LogP contribution in [0.25, 0.3) is 10.8 Å². The van der Waals surface area contributed by atoms with Gasteiger partial charge in [-0.15, -0.1) is 0 Å². The van der Waals surface area contributed by atoms with Gasteiger partial charge < -0.3 is 24.3 Å². The molecule has 3 rings (SSSR count). The number of urea groups is 1. The van der Waals surface area contributed by atoms with Crippen LogP contribution in [-0.2, 0) is 14.3 Å². The van der Waals surface area contributed by atoms with E-state index >= 15 is 0 Å². The predicted octanol–water partition coefficient (Wildman–Crippen LogP) is 3.91. The molecule has 3 aromatic carbocycles. The second-order valence-electron chi connectivity index (χ2n) is 6.99. The number of nitrogens with one attached hydrogen (secondary N) is 2. The van der Waals surface area contributed by atoms with Gasteiger partial charge in [0.1, 0.15) is 5.75 Å². The third-order valence-corrected chi connectivity index (χ3v) is 4.50. The Morgan fingerprint density at radius 2 is 1.50 bits per heavy atom. The fourth-order valence-corrected chi connectivity index (χ4v) is 3.04. The highest BCUT2D eigenvalue weighted by molar-refractivity contribution is 6.02. The fraction of sp³-hybridized carbons (Fsp3) is 0.240. The molecule has 0 saturated carbocycles. The van der Waals surface area contributed by atoms with E-state index in [0.717, 1.165) is 10.8 Å². The van der Waals surface area contributed by atoms with Gasteiger partial charge in [0.15, 0.2) is 24.7 Å². The number of carbonyl (C=O) groups is 3. The van der Waals surface area contributed by atoms with Gasteiger partial charge in [-0.25, -0.2) is 9.59 Å². The van der Waals surface area contributed by atoms with Crippen molar-refractivity contribution < 1.29 is 33.3 Å². The van der Waals surface area contributed by atoms with Gasteiger partial charge in [-0.2, -0.15) is 0 Å². The molecule has 0 unspecified atom stereocenters. The first-order valence-corrected chi connectivity index (χ1v) is 10.8. The summed E-state index contributed by atoms with van der Waals surface area (Å²) in [6, 6.07) is 17.2. The topological polar surface area (TPSA) is 112 Å². The Bertz CT molecular complexity index is 1160. The summed E-state index contributed by atoms with van der Waals surface area (Å²) in [5, 5.41) is 6.63. The second kappa shape index (κ2) is 12.1. The molecule has 0 aromatic heterocycles. The van der Waals surface area contributed by atoms with Crippen LogP contribution in [0.3, 0.4) is 0 Å². The Balaban J connectivity index is 1.42. The van der Waals surface area contributed by atoms with E-state index in [1.807, 2.05) is 44.2 Å². The van der Waals surface area contributed by atoms with Gasteiger partial charge in [-0.3, -0.25) is 10.1 Å². The molecule has 0 saturated heterocycles. The number of anilines is 1. The Kier molecular flexibility index (Phi) is 8.67. The first-order chi connectivity index (χ1) is 16.5. The third-order valence-electron chi connectivity index (χ3n) is 4.50. The van der Waals surface area contributed by atoms with E-state index in [9.17, 15) is 14.4 Å². The van der Waals surface area contributed by atoms with E-state index in [1.54, 1.807) is 30.3 Å². The number of ether oxygens (including phenoxy) is 4. The minimum Gasteiger partial charge on any atom is -0.490 e. The van der Waals surface area contributed by atoms with Crippen LogP contribution >= 0.6 is 0 Å². The molecule has 34 heavy (non-hydrogen) atoms. The molecule has 2 N–H and O–H groups in total. The molecule has 0 heterocycles. The summed E-state index contributed by atoms with van der Waals surface area (Å²) in [6.45, 7) is 3.57. The highest BCUT2D eigenvalue weighted by Crippen LogP contribution is 2.30. The van der Waals surface area contributed by atoms with Crippen molar-refractivity contribution in [1.29, 1.82) is 0 Å². The van der Waals surface area contributed by atoms with E-state index in [1.165, 1.54) is 0 Å². The smallest absolute Gasteiger partial charge is 0.344 e. The summed E-state index contributed by atoms with van der Waals surface area (Å²) in [6.07, 6.45) is 0. The highest BCUT2D eigenvalue weighted by Gasteiger charge is 2.13. The van der Waals surface area contributed by atoms with E-state index in [0.29, 0.717) is 36.1 Å². The molecular weight excluding hydrogens is 440 g/mol. The van der Waals surface area contributed by atoms with Gasteiger partial charge in [-0.05, 0) is 48.9 Å². The molecule has 0 aliphatic heterocycles. The number of hydrogen-bond acceptors (Lipinski definition) is 7. The summed E-state index contributed by atoms with van der Waals surface area (Å²) >= 11 is 0. The number of imide groups is 1. The normalized spacial score (nSPS) is 10.3. The zero-order valence-corrected chi connectivity index (χ0v) is 19.0. The Morgan fingerprint density at radius 1 is 0.765 bits per heavy atom. The lowest BCUT2D eigenvalue weighted by Crippen LogP contribution is -2.37. The maximum absolute atomic E-state index is 12.1. The minimum atomic E-state index is -0.785. The molecule has 3 aromatic rings. The Labute approximate surface area is 196 Å². The third kappa shape index (κ3) is 7.13. The van der Waals surface area contributed by atoms with Crippen LogP contribution in [0, 0.1) is 0 Å². The van der Waals surface area contributed by atoms with Gasteiger partial charge in [-0.1, -0.05) is 30.3 Å². The van der Waals surface area contributed by atoms with E-state index < -0.39 is 24.5 Å². The van der Waals surface area contributed by atoms with Crippen molar-refractivity contribution in [1.82, 2.24) is 5.32 Å². The van der Waals surface area contributed by atoms with E-state index in [2.05, 4.69) is 10.6 Å². The van der Waals surface area contributed by atoms with Crippen LogP contribution in [0.5, 0.6) is 17.2 Å². The van der Waals surface area contributed by atoms with E-state index in [4.69, 9.17) is 18.9 Å². The molecule has 0 atom stereocenters. The van der Waals surface area contributed by atoms with Crippen molar-refractivity contribution in [3.8, 4) is 17.2 Å². The number of rotatable bonds is 10. The molecule has 9 nitrogen and oxygen atoms in total. The summed E-state index contributed by atoms with van der Waals surface area (Å²) in [7, 11) is 0. The lowest BCUT2D eigenvalue weighted by atomic mass is 10.1. The molecule has 0 spiro atoms. The molecular formula is C25H26N2O7. The lowest BCUT2D eigenvalue weighted by Gasteiger charge is -2.13. The molecule has 178 valence electrons. The van der Waals surface area contributed by atoms with Crippen LogP contribution < -0.4 is 24.8 Å². The van der Waals surface area contributed by atoms with Crippen LogP contribution in [0.2, 0.25) is 0 Å². The number of carbonyl (C=O) groups excluding carboxylic acids is 3.